The zero-order chi connectivity index (χ0) is 14.2. The minimum absolute atomic E-state index is 0.0253. The topological polar surface area (TPSA) is 64.3 Å². The molecule has 0 radical (unpaired) electrons. The maximum absolute atomic E-state index is 12.2. The molecule has 0 spiro atoms. The van der Waals surface area contributed by atoms with E-state index in [1.54, 1.807) is 6.07 Å². The molecule has 0 fully saturated rings. The van der Waals surface area contributed by atoms with Gasteiger partial charge in [0.1, 0.15) is 6.04 Å². The Morgan fingerprint density at radius 1 is 1.42 bits per heavy atom. The van der Waals surface area contributed by atoms with Gasteiger partial charge in [-0.3, -0.25) is 4.79 Å². The summed E-state index contributed by atoms with van der Waals surface area (Å²) in [5.74, 6) is -0.170. The quantitative estimate of drug-likeness (QED) is 0.882. The van der Waals surface area contributed by atoms with Gasteiger partial charge < -0.3 is 10.0 Å². The standard InChI is InChI=1S/C15H18N2O2/c1-15(2,3)10-4-5-11-12(8-10)13(9-16)17(6-7-18)14(11)19/h4-5,8,13,18H,6-7H2,1-3H3. The zero-order valence-corrected chi connectivity index (χ0v) is 11.5. The molecule has 1 aliphatic heterocycles. The third-order valence-corrected chi connectivity index (χ3v) is 3.48. The number of nitrogens with zero attached hydrogens (tertiary/aromatic N) is 2. The van der Waals surface area contributed by atoms with Gasteiger partial charge in [-0.2, -0.15) is 5.26 Å². The number of aliphatic hydroxyl groups is 1. The van der Waals surface area contributed by atoms with Crippen LogP contribution in [0.25, 0.3) is 0 Å². The van der Waals surface area contributed by atoms with Gasteiger partial charge in [0, 0.05) is 17.7 Å². The molecular formula is C15H18N2O2. The summed E-state index contributed by atoms with van der Waals surface area (Å²) in [6.07, 6.45) is 0. The molecule has 100 valence electrons. The van der Waals surface area contributed by atoms with Crippen LogP contribution in [0.3, 0.4) is 0 Å². The summed E-state index contributed by atoms with van der Waals surface area (Å²) in [4.78, 5) is 13.6. The number of rotatable bonds is 2. The molecular weight excluding hydrogens is 240 g/mol. The number of amides is 1. The molecule has 1 aliphatic rings. The number of carbonyl (C=O) groups excluding carboxylic acids is 1. The fourth-order valence-corrected chi connectivity index (χ4v) is 2.37. The van der Waals surface area contributed by atoms with Crippen molar-refractivity contribution >= 4 is 5.91 Å². The Bertz CT molecular complexity index is 552. The van der Waals surface area contributed by atoms with Gasteiger partial charge in [0.05, 0.1) is 12.7 Å². The number of hydrogen-bond donors (Lipinski definition) is 1. The van der Waals surface area contributed by atoms with E-state index in [0.29, 0.717) is 5.56 Å². The minimum atomic E-state index is -0.586. The smallest absolute Gasteiger partial charge is 0.255 e. The monoisotopic (exact) mass is 258 g/mol. The molecule has 0 aromatic heterocycles. The largest absolute Gasteiger partial charge is 0.395 e. The van der Waals surface area contributed by atoms with Gasteiger partial charge in [0.25, 0.3) is 5.91 Å². The fraction of sp³-hybridized carbons (Fsp3) is 0.467. The Labute approximate surface area is 113 Å². The van der Waals surface area contributed by atoms with Crippen LogP contribution >= 0.6 is 0 Å². The van der Waals surface area contributed by atoms with Crippen LogP contribution in [0.15, 0.2) is 18.2 Å². The molecule has 1 aromatic rings. The Morgan fingerprint density at radius 3 is 2.63 bits per heavy atom. The van der Waals surface area contributed by atoms with Gasteiger partial charge >= 0.3 is 0 Å². The van der Waals surface area contributed by atoms with Crippen molar-refractivity contribution in [3.8, 4) is 6.07 Å². The lowest BCUT2D eigenvalue weighted by atomic mass is 9.85. The van der Waals surface area contributed by atoms with E-state index in [-0.39, 0.29) is 24.5 Å². The number of fused-ring (bicyclic) bond motifs is 1. The lowest BCUT2D eigenvalue weighted by Gasteiger charge is -2.21. The van der Waals surface area contributed by atoms with Crippen molar-refractivity contribution in [2.45, 2.75) is 32.2 Å². The first-order valence-corrected chi connectivity index (χ1v) is 6.36. The van der Waals surface area contributed by atoms with Gasteiger partial charge in [-0.1, -0.05) is 32.9 Å². The Morgan fingerprint density at radius 2 is 2.11 bits per heavy atom. The molecule has 1 atom stereocenters. The second-order valence-corrected chi connectivity index (χ2v) is 5.81. The lowest BCUT2D eigenvalue weighted by molar-refractivity contribution is 0.0721. The summed E-state index contributed by atoms with van der Waals surface area (Å²) in [5, 5.41) is 18.3. The highest BCUT2D eigenvalue weighted by Gasteiger charge is 2.37. The summed E-state index contributed by atoms with van der Waals surface area (Å²) >= 11 is 0. The molecule has 0 saturated heterocycles. The van der Waals surface area contributed by atoms with Crippen molar-refractivity contribution in [3.63, 3.8) is 0 Å². The summed E-state index contributed by atoms with van der Waals surface area (Å²) in [6.45, 7) is 6.34. The molecule has 4 nitrogen and oxygen atoms in total. The first kappa shape index (κ1) is 13.6. The number of β-amino-alcohol motifs (C(OH)–C–C–N with tert-alkyl or cyclic N) is 1. The van der Waals surface area contributed by atoms with Crippen molar-refractivity contribution in [1.82, 2.24) is 4.90 Å². The van der Waals surface area contributed by atoms with Crippen LogP contribution in [0, 0.1) is 11.3 Å². The molecule has 1 unspecified atom stereocenters. The number of hydrogen-bond acceptors (Lipinski definition) is 3. The van der Waals surface area contributed by atoms with Crippen LogP contribution < -0.4 is 0 Å². The molecule has 0 saturated carbocycles. The number of carbonyl (C=O) groups is 1. The van der Waals surface area contributed by atoms with Crippen molar-refractivity contribution in [1.29, 1.82) is 5.26 Å². The summed E-state index contributed by atoms with van der Waals surface area (Å²) in [7, 11) is 0. The average Bonchev–Trinajstić information content (AvgIpc) is 2.61. The first-order valence-electron chi connectivity index (χ1n) is 6.36. The molecule has 4 heteroatoms. The molecule has 2 rings (SSSR count). The summed E-state index contributed by atoms with van der Waals surface area (Å²) in [5.41, 5.74) is 2.41. The Hall–Kier alpha value is -1.86. The molecule has 0 bridgehead atoms. The molecule has 1 aromatic carbocycles. The van der Waals surface area contributed by atoms with Crippen LogP contribution in [-0.2, 0) is 5.41 Å². The molecule has 1 N–H and O–H groups in total. The molecule has 0 aliphatic carbocycles. The van der Waals surface area contributed by atoms with Crippen LogP contribution in [0.4, 0.5) is 0 Å². The number of benzene rings is 1. The lowest BCUT2D eigenvalue weighted by Crippen LogP contribution is -2.30. The second-order valence-electron chi connectivity index (χ2n) is 5.81. The molecule has 1 heterocycles. The third kappa shape index (κ3) is 2.22. The van der Waals surface area contributed by atoms with Gasteiger partial charge in [-0.05, 0) is 17.0 Å². The summed E-state index contributed by atoms with van der Waals surface area (Å²) in [6, 6.07) is 7.24. The van der Waals surface area contributed by atoms with Crippen molar-refractivity contribution in [3.05, 3.63) is 34.9 Å². The highest BCUT2D eigenvalue weighted by Crippen LogP contribution is 2.35. The maximum atomic E-state index is 12.2. The van der Waals surface area contributed by atoms with Crippen LogP contribution in [-0.4, -0.2) is 29.1 Å². The number of nitriles is 1. The van der Waals surface area contributed by atoms with E-state index in [2.05, 4.69) is 26.8 Å². The Balaban J connectivity index is 2.50. The van der Waals surface area contributed by atoms with Gasteiger partial charge in [-0.25, -0.2) is 0 Å². The maximum Gasteiger partial charge on any atom is 0.255 e. The fourth-order valence-electron chi connectivity index (χ4n) is 2.37. The zero-order valence-electron chi connectivity index (χ0n) is 11.5. The van der Waals surface area contributed by atoms with Gasteiger partial charge in [-0.15, -0.1) is 0 Å². The van der Waals surface area contributed by atoms with Crippen molar-refractivity contribution in [2.75, 3.05) is 13.2 Å². The predicted molar refractivity (Wildman–Crippen MR) is 71.6 cm³/mol. The van der Waals surface area contributed by atoms with Crippen molar-refractivity contribution in [2.24, 2.45) is 0 Å². The highest BCUT2D eigenvalue weighted by atomic mass is 16.3. The third-order valence-electron chi connectivity index (χ3n) is 3.48. The molecule has 1 amide bonds. The van der Waals surface area contributed by atoms with Crippen LogP contribution in [0.2, 0.25) is 0 Å². The van der Waals surface area contributed by atoms with E-state index < -0.39 is 6.04 Å². The SMILES string of the molecule is CC(C)(C)c1ccc2c(c1)C(C#N)N(CCO)C2=O. The van der Waals surface area contributed by atoms with E-state index in [4.69, 9.17) is 5.11 Å². The van der Waals surface area contributed by atoms with Gasteiger partial charge in [0.15, 0.2) is 0 Å². The Kier molecular flexibility index (Phi) is 3.34. The number of aliphatic hydroxyl groups excluding tert-OH is 1. The van der Waals surface area contributed by atoms with E-state index >= 15 is 0 Å². The predicted octanol–water partition coefficient (Wildman–Crippen LogP) is 2.00. The van der Waals surface area contributed by atoms with E-state index in [1.807, 2.05) is 12.1 Å². The van der Waals surface area contributed by atoms with E-state index in [1.165, 1.54) is 4.90 Å². The van der Waals surface area contributed by atoms with E-state index in [9.17, 15) is 10.1 Å². The minimum Gasteiger partial charge on any atom is -0.395 e. The normalized spacial score (nSPS) is 18.4. The first-order chi connectivity index (χ1) is 8.90. The van der Waals surface area contributed by atoms with Crippen molar-refractivity contribution < 1.29 is 9.90 Å². The van der Waals surface area contributed by atoms with E-state index in [0.717, 1.165) is 11.1 Å². The molecule has 19 heavy (non-hydrogen) atoms. The average molecular weight is 258 g/mol. The second kappa shape index (κ2) is 4.67. The van der Waals surface area contributed by atoms with Crippen LogP contribution in [0.1, 0.15) is 48.3 Å². The summed E-state index contributed by atoms with van der Waals surface area (Å²) < 4.78 is 0. The van der Waals surface area contributed by atoms with Gasteiger partial charge in [0.2, 0.25) is 0 Å². The van der Waals surface area contributed by atoms with Crippen LogP contribution in [0.5, 0.6) is 0 Å². The highest BCUT2D eigenvalue weighted by molar-refractivity contribution is 5.99.